The molecule has 0 spiro atoms. The number of thiophene rings is 1. The van der Waals surface area contributed by atoms with Crippen LogP contribution in [0.3, 0.4) is 0 Å². The summed E-state index contributed by atoms with van der Waals surface area (Å²) in [6.07, 6.45) is 0.152. The molecule has 37 heavy (non-hydrogen) atoms. The Morgan fingerprint density at radius 1 is 1.11 bits per heavy atom. The number of hydrogen-bond donors (Lipinski definition) is 2. The Balaban J connectivity index is 1.40. The van der Waals surface area contributed by atoms with Crippen molar-refractivity contribution in [1.29, 1.82) is 0 Å². The number of carboxylic acid groups (broad SMARTS) is 1. The van der Waals surface area contributed by atoms with Crippen LogP contribution in [0.5, 0.6) is 5.75 Å². The zero-order chi connectivity index (χ0) is 26.4. The molecule has 2 N–H and O–H groups in total. The molecule has 2 heterocycles. The molecule has 0 aliphatic rings. The summed E-state index contributed by atoms with van der Waals surface area (Å²) < 4.78 is 18.2. The van der Waals surface area contributed by atoms with Gasteiger partial charge in [-0.3, -0.25) is 4.79 Å². The Kier molecular flexibility index (Phi) is 8.45. The summed E-state index contributed by atoms with van der Waals surface area (Å²) in [6, 6.07) is 15.7. The molecule has 8 nitrogen and oxygen atoms in total. The minimum Gasteiger partial charge on any atom is -0.493 e. The number of aliphatic carboxylic acids is 1. The number of carbonyl (C=O) groups excluding carboxylic acids is 1. The molecule has 2 aromatic carbocycles. The monoisotopic (exact) mass is 522 g/mol. The molecule has 2 aromatic heterocycles. The second-order valence-electron chi connectivity index (χ2n) is 8.90. The number of nitrogens with zero attached hydrogens (tertiary/aromatic N) is 1. The van der Waals surface area contributed by atoms with E-state index >= 15 is 0 Å². The maximum atomic E-state index is 11.9. The van der Waals surface area contributed by atoms with E-state index in [0.29, 0.717) is 31.1 Å². The van der Waals surface area contributed by atoms with Crippen LogP contribution < -0.4 is 10.1 Å². The van der Waals surface area contributed by atoms with Gasteiger partial charge >= 0.3 is 12.1 Å². The molecule has 194 valence electrons. The van der Waals surface area contributed by atoms with Crippen LogP contribution in [-0.4, -0.2) is 34.9 Å². The number of aryl methyl sites for hydroxylation is 2. The number of aromatic nitrogens is 1. The van der Waals surface area contributed by atoms with Gasteiger partial charge < -0.3 is 24.3 Å². The number of oxazole rings is 1. The molecule has 0 fully saturated rings. The number of nitrogens with one attached hydrogen (secondary N) is 1. The number of benzene rings is 2. The van der Waals surface area contributed by atoms with Gasteiger partial charge in [0.25, 0.3) is 0 Å². The Morgan fingerprint density at radius 3 is 2.68 bits per heavy atom. The number of ether oxygens (including phenoxy) is 2. The highest BCUT2D eigenvalue weighted by atomic mass is 32.1. The third kappa shape index (κ3) is 7.10. The van der Waals surface area contributed by atoms with Crippen LogP contribution in [-0.2, 0) is 28.9 Å². The molecule has 4 rings (SSSR count). The first-order valence-electron chi connectivity index (χ1n) is 12.1. The molecule has 0 saturated carbocycles. The minimum atomic E-state index is -0.878. The van der Waals surface area contributed by atoms with Crippen molar-refractivity contribution >= 4 is 33.5 Å². The third-order valence-electron chi connectivity index (χ3n) is 5.69. The van der Waals surface area contributed by atoms with Crippen LogP contribution in [0.15, 0.2) is 52.9 Å². The third-order valence-corrected chi connectivity index (χ3v) is 6.79. The first-order chi connectivity index (χ1) is 17.8. The second kappa shape index (κ2) is 11.9. The lowest BCUT2D eigenvalue weighted by atomic mass is 10.0. The number of rotatable bonds is 11. The fourth-order valence-corrected chi connectivity index (χ4v) is 4.87. The quantitative estimate of drug-likeness (QED) is 0.243. The Morgan fingerprint density at radius 2 is 1.92 bits per heavy atom. The number of alkyl carbamates (subject to hydrolysis) is 1. The Labute approximate surface area is 219 Å². The predicted molar refractivity (Wildman–Crippen MR) is 142 cm³/mol. The van der Waals surface area contributed by atoms with E-state index in [1.54, 1.807) is 25.2 Å². The molecule has 9 heteroatoms. The van der Waals surface area contributed by atoms with Crippen molar-refractivity contribution in [3.63, 3.8) is 0 Å². The average molecular weight is 523 g/mol. The van der Waals surface area contributed by atoms with E-state index in [1.807, 2.05) is 37.3 Å². The van der Waals surface area contributed by atoms with Crippen molar-refractivity contribution in [2.75, 3.05) is 6.61 Å². The number of carbonyl (C=O) groups is 2. The lowest BCUT2D eigenvalue weighted by Gasteiger charge is -2.14. The topological polar surface area (TPSA) is 111 Å². The number of fused-ring (bicyclic) bond motifs is 1. The van der Waals surface area contributed by atoms with Crippen molar-refractivity contribution < 1.29 is 28.6 Å². The van der Waals surface area contributed by atoms with E-state index in [4.69, 9.17) is 24.0 Å². The first kappa shape index (κ1) is 26.2. The first-order valence-corrected chi connectivity index (χ1v) is 13.0. The molecule has 0 atom stereocenters. The number of amides is 1. The van der Waals surface area contributed by atoms with Gasteiger partial charge in [0.1, 0.15) is 11.5 Å². The highest BCUT2D eigenvalue weighted by molar-refractivity contribution is 7.22. The summed E-state index contributed by atoms with van der Waals surface area (Å²) >= 11 is 1.65. The molecular weight excluding hydrogens is 492 g/mol. The van der Waals surface area contributed by atoms with Crippen molar-refractivity contribution in [1.82, 2.24) is 10.3 Å². The normalized spacial score (nSPS) is 11.1. The van der Waals surface area contributed by atoms with E-state index in [0.717, 1.165) is 32.8 Å². The van der Waals surface area contributed by atoms with Crippen molar-refractivity contribution in [3.05, 3.63) is 71.1 Å². The lowest BCUT2D eigenvalue weighted by molar-refractivity contribution is -0.136. The van der Waals surface area contributed by atoms with Crippen molar-refractivity contribution in [3.8, 4) is 16.5 Å². The van der Waals surface area contributed by atoms with E-state index in [9.17, 15) is 9.59 Å². The van der Waals surface area contributed by atoms with Gasteiger partial charge in [0.2, 0.25) is 5.89 Å². The van der Waals surface area contributed by atoms with Gasteiger partial charge in [-0.2, -0.15) is 0 Å². The maximum Gasteiger partial charge on any atom is 0.407 e. The van der Waals surface area contributed by atoms with Crippen LogP contribution in [0.1, 0.15) is 42.8 Å². The summed E-state index contributed by atoms with van der Waals surface area (Å²) in [7, 11) is 0. The Hall–Kier alpha value is -3.85. The molecule has 0 unspecified atom stereocenters. The summed E-state index contributed by atoms with van der Waals surface area (Å²) in [6.45, 7) is 6.04. The lowest BCUT2D eigenvalue weighted by Crippen LogP contribution is -2.26. The van der Waals surface area contributed by atoms with Gasteiger partial charge in [-0.05, 0) is 68.0 Å². The molecule has 0 radical (unpaired) electrons. The van der Waals surface area contributed by atoms with Crippen LogP contribution in [0, 0.1) is 6.92 Å². The average Bonchev–Trinajstić information content (AvgIpc) is 3.45. The van der Waals surface area contributed by atoms with E-state index in [2.05, 4.69) is 23.5 Å². The molecule has 1 amide bonds. The van der Waals surface area contributed by atoms with Crippen LogP contribution in [0.4, 0.5) is 4.79 Å². The summed E-state index contributed by atoms with van der Waals surface area (Å²) in [5, 5.41) is 13.0. The van der Waals surface area contributed by atoms with Crippen LogP contribution in [0.2, 0.25) is 0 Å². The van der Waals surface area contributed by atoms with Gasteiger partial charge in [-0.1, -0.05) is 24.3 Å². The number of hydrogen-bond acceptors (Lipinski definition) is 7. The van der Waals surface area contributed by atoms with E-state index < -0.39 is 12.1 Å². The highest BCUT2D eigenvalue weighted by Gasteiger charge is 2.15. The minimum absolute atomic E-state index is 0.00276. The molecule has 0 aliphatic carbocycles. The summed E-state index contributed by atoms with van der Waals surface area (Å²) in [5.74, 6) is 1.11. The standard InChI is InChI=1S/C28H30N2O6S/c1-17(2)35-28(33)29-16-21-14-22(10-8-19(21)9-11-26(31)32)34-13-12-23-18(3)36-27(30-23)25-15-20-6-4-5-7-24(20)37-25/h4-8,10,14-15,17H,9,11-13,16H2,1-3H3,(H,29,33)(H,31,32). The molecule has 0 aliphatic heterocycles. The fraction of sp³-hybridized carbons (Fsp3) is 0.321. The predicted octanol–water partition coefficient (Wildman–Crippen LogP) is 6.14. The van der Waals surface area contributed by atoms with Crippen molar-refractivity contribution in [2.24, 2.45) is 0 Å². The molecular formula is C28H30N2O6S. The Bertz CT molecular complexity index is 1360. The zero-order valence-corrected chi connectivity index (χ0v) is 21.9. The smallest absolute Gasteiger partial charge is 0.407 e. The molecule has 4 aromatic rings. The van der Waals surface area contributed by atoms with Gasteiger partial charge in [0, 0.05) is 24.1 Å². The van der Waals surface area contributed by atoms with Gasteiger partial charge in [0.15, 0.2) is 0 Å². The summed E-state index contributed by atoms with van der Waals surface area (Å²) in [5.41, 5.74) is 2.45. The maximum absolute atomic E-state index is 11.9. The van der Waals surface area contributed by atoms with Gasteiger partial charge in [-0.25, -0.2) is 9.78 Å². The largest absolute Gasteiger partial charge is 0.493 e. The van der Waals surface area contributed by atoms with E-state index in [-0.39, 0.29) is 19.1 Å². The van der Waals surface area contributed by atoms with Crippen LogP contribution in [0.25, 0.3) is 20.9 Å². The van der Waals surface area contributed by atoms with Gasteiger partial charge in [-0.15, -0.1) is 11.3 Å². The highest BCUT2D eigenvalue weighted by Crippen LogP contribution is 2.33. The number of carboxylic acids is 1. The molecule has 0 saturated heterocycles. The zero-order valence-electron chi connectivity index (χ0n) is 21.1. The van der Waals surface area contributed by atoms with E-state index in [1.165, 1.54) is 4.70 Å². The second-order valence-corrected chi connectivity index (χ2v) is 9.98. The van der Waals surface area contributed by atoms with Crippen LogP contribution >= 0.6 is 11.3 Å². The SMILES string of the molecule is Cc1oc(-c2cc3ccccc3s2)nc1CCOc1ccc(CCC(=O)O)c(CNC(=O)OC(C)C)c1. The summed E-state index contributed by atoms with van der Waals surface area (Å²) in [4.78, 5) is 28.7. The van der Waals surface area contributed by atoms with Crippen molar-refractivity contribution in [2.45, 2.75) is 52.7 Å². The van der Waals surface area contributed by atoms with Gasteiger partial charge in [0.05, 0.1) is 23.3 Å². The molecule has 0 bridgehead atoms. The fourth-order valence-electron chi connectivity index (χ4n) is 3.88.